The van der Waals surface area contributed by atoms with Gasteiger partial charge < -0.3 is 10.1 Å². The van der Waals surface area contributed by atoms with Gasteiger partial charge in [0.15, 0.2) is 0 Å². The first-order valence-corrected chi connectivity index (χ1v) is 8.06. The zero-order chi connectivity index (χ0) is 14.3. The predicted octanol–water partition coefficient (Wildman–Crippen LogP) is 4.31. The first kappa shape index (κ1) is 16.7. The minimum absolute atomic E-state index is 0.0128. The molecular formula is C17H33NO. The Bertz CT molecular complexity index is 279. The fraction of sp³-hybridized carbons (Fsp3) is 0.882. The van der Waals surface area contributed by atoms with Crippen LogP contribution < -0.4 is 5.32 Å². The van der Waals surface area contributed by atoms with Gasteiger partial charge in [-0.05, 0) is 52.5 Å². The van der Waals surface area contributed by atoms with Crippen LogP contribution in [0, 0.1) is 5.92 Å². The van der Waals surface area contributed by atoms with E-state index in [1.165, 1.54) is 37.7 Å². The number of nitrogens with one attached hydrogen (secondary N) is 1. The van der Waals surface area contributed by atoms with Gasteiger partial charge in [-0.1, -0.05) is 38.3 Å². The Labute approximate surface area is 120 Å². The van der Waals surface area contributed by atoms with Gasteiger partial charge >= 0.3 is 0 Å². The Morgan fingerprint density at radius 3 is 2.68 bits per heavy atom. The molecule has 3 unspecified atom stereocenters. The molecule has 0 radical (unpaired) electrons. The lowest BCUT2D eigenvalue weighted by molar-refractivity contribution is -0.0904. The van der Waals surface area contributed by atoms with Crippen molar-refractivity contribution in [2.24, 2.45) is 5.92 Å². The Morgan fingerprint density at radius 2 is 2.16 bits per heavy atom. The molecule has 0 aromatic rings. The van der Waals surface area contributed by atoms with Crippen molar-refractivity contribution in [1.82, 2.24) is 5.32 Å². The van der Waals surface area contributed by atoms with Crippen LogP contribution in [0.15, 0.2) is 11.6 Å². The summed E-state index contributed by atoms with van der Waals surface area (Å²) in [6, 6.07) is 0.361. The number of rotatable bonds is 7. The van der Waals surface area contributed by atoms with Gasteiger partial charge in [0.1, 0.15) is 0 Å². The van der Waals surface area contributed by atoms with Crippen LogP contribution >= 0.6 is 0 Å². The third-order valence-corrected chi connectivity index (χ3v) is 4.10. The summed E-state index contributed by atoms with van der Waals surface area (Å²) >= 11 is 0. The molecule has 1 rings (SSSR count). The van der Waals surface area contributed by atoms with Crippen LogP contribution in [0.1, 0.15) is 66.7 Å². The fourth-order valence-electron chi connectivity index (χ4n) is 3.36. The minimum atomic E-state index is 0.0128. The average molecular weight is 267 g/mol. The maximum Gasteiger partial charge on any atom is 0.0872 e. The lowest BCUT2D eigenvalue weighted by Gasteiger charge is -2.45. The molecule has 0 amide bonds. The molecule has 1 saturated carbocycles. The Kier molecular flexibility index (Phi) is 7.09. The van der Waals surface area contributed by atoms with Gasteiger partial charge in [-0.25, -0.2) is 0 Å². The summed E-state index contributed by atoms with van der Waals surface area (Å²) in [6.45, 7) is 13.0. The molecule has 0 aromatic carbocycles. The van der Waals surface area contributed by atoms with E-state index in [1.54, 1.807) is 0 Å². The number of ether oxygens (including phenoxy) is 1. The summed E-state index contributed by atoms with van der Waals surface area (Å²) in [7, 11) is 0. The summed E-state index contributed by atoms with van der Waals surface area (Å²) in [5, 5.41) is 3.72. The van der Waals surface area contributed by atoms with Crippen molar-refractivity contribution in [3.63, 3.8) is 0 Å². The molecular weight excluding hydrogens is 234 g/mol. The Morgan fingerprint density at radius 1 is 1.42 bits per heavy atom. The first-order valence-electron chi connectivity index (χ1n) is 8.06. The highest BCUT2D eigenvalue weighted by atomic mass is 16.5. The van der Waals surface area contributed by atoms with Gasteiger partial charge in [0.05, 0.1) is 11.6 Å². The van der Waals surface area contributed by atoms with E-state index in [4.69, 9.17) is 4.74 Å². The Hall–Kier alpha value is -0.340. The quantitative estimate of drug-likeness (QED) is 0.694. The maximum atomic E-state index is 6.29. The van der Waals surface area contributed by atoms with Crippen LogP contribution in [0.5, 0.6) is 0 Å². The zero-order valence-corrected chi connectivity index (χ0v) is 13.6. The van der Waals surface area contributed by atoms with Crippen LogP contribution in [-0.2, 0) is 4.74 Å². The summed E-state index contributed by atoms with van der Waals surface area (Å²) in [5.74, 6) is 0.775. The van der Waals surface area contributed by atoms with E-state index in [9.17, 15) is 0 Å². The third kappa shape index (κ3) is 4.92. The van der Waals surface area contributed by atoms with Gasteiger partial charge in [0.2, 0.25) is 0 Å². The second-order valence-electron chi connectivity index (χ2n) is 6.38. The number of hydrogen-bond donors (Lipinski definition) is 1. The highest BCUT2D eigenvalue weighted by molar-refractivity contribution is 5.11. The summed E-state index contributed by atoms with van der Waals surface area (Å²) in [4.78, 5) is 0. The molecule has 3 atom stereocenters. The molecule has 1 aliphatic carbocycles. The normalized spacial score (nSPS) is 29.0. The zero-order valence-electron chi connectivity index (χ0n) is 13.6. The van der Waals surface area contributed by atoms with Crippen LogP contribution in [-0.4, -0.2) is 24.8 Å². The van der Waals surface area contributed by atoms with E-state index in [2.05, 4.69) is 46.0 Å². The molecule has 19 heavy (non-hydrogen) atoms. The van der Waals surface area contributed by atoms with E-state index >= 15 is 0 Å². The first-order chi connectivity index (χ1) is 9.04. The highest BCUT2D eigenvalue weighted by Gasteiger charge is 2.41. The smallest absolute Gasteiger partial charge is 0.0872 e. The van der Waals surface area contributed by atoms with Crippen LogP contribution in [0.25, 0.3) is 0 Å². The molecule has 0 heterocycles. The molecule has 1 fully saturated rings. The molecule has 2 nitrogen and oxygen atoms in total. The predicted molar refractivity (Wildman–Crippen MR) is 83.5 cm³/mol. The van der Waals surface area contributed by atoms with Crippen LogP contribution in [0.4, 0.5) is 0 Å². The van der Waals surface area contributed by atoms with Crippen molar-refractivity contribution in [3.05, 3.63) is 11.6 Å². The monoisotopic (exact) mass is 267 g/mol. The largest absolute Gasteiger partial charge is 0.373 e. The van der Waals surface area contributed by atoms with E-state index < -0.39 is 0 Å². The number of allylic oxidation sites excluding steroid dienone is 1. The van der Waals surface area contributed by atoms with Crippen molar-refractivity contribution >= 4 is 0 Å². The molecule has 0 spiro atoms. The topological polar surface area (TPSA) is 21.3 Å². The number of hydrogen-bond acceptors (Lipinski definition) is 2. The van der Waals surface area contributed by atoms with Crippen LogP contribution in [0.2, 0.25) is 0 Å². The average Bonchev–Trinajstić information content (AvgIpc) is 2.34. The van der Waals surface area contributed by atoms with Crippen molar-refractivity contribution in [2.75, 3.05) is 13.2 Å². The molecule has 0 aliphatic heterocycles. The SMILES string of the molecule is CCCNC(C=C(C)C)C1(OCC)CCCC(C)C1. The van der Waals surface area contributed by atoms with Gasteiger partial charge in [-0.3, -0.25) is 0 Å². The minimum Gasteiger partial charge on any atom is -0.373 e. The molecule has 0 saturated heterocycles. The third-order valence-electron chi connectivity index (χ3n) is 4.10. The van der Waals surface area contributed by atoms with E-state index in [-0.39, 0.29) is 5.60 Å². The molecule has 1 N–H and O–H groups in total. The second-order valence-corrected chi connectivity index (χ2v) is 6.38. The second kappa shape index (κ2) is 8.06. The van der Waals surface area contributed by atoms with Gasteiger partial charge in [0.25, 0.3) is 0 Å². The highest BCUT2D eigenvalue weighted by Crippen LogP contribution is 2.38. The van der Waals surface area contributed by atoms with E-state index in [0.717, 1.165) is 19.1 Å². The molecule has 112 valence electrons. The van der Waals surface area contributed by atoms with Crippen molar-refractivity contribution in [1.29, 1.82) is 0 Å². The van der Waals surface area contributed by atoms with E-state index in [1.807, 2.05) is 0 Å². The lowest BCUT2D eigenvalue weighted by Crippen LogP contribution is -2.54. The summed E-state index contributed by atoms with van der Waals surface area (Å²) in [6.07, 6.45) is 8.57. The van der Waals surface area contributed by atoms with Crippen LogP contribution in [0.3, 0.4) is 0 Å². The molecule has 2 heteroatoms. The van der Waals surface area contributed by atoms with Crippen molar-refractivity contribution in [2.45, 2.75) is 78.4 Å². The fourth-order valence-corrected chi connectivity index (χ4v) is 3.36. The van der Waals surface area contributed by atoms with Gasteiger partial charge in [0, 0.05) is 6.61 Å². The Balaban J connectivity index is 2.92. The van der Waals surface area contributed by atoms with Gasteiger partial charge in [-0.2, -0.15) is 0 Å². The summed E-state index contributed by atoms with van der Waals surface area (Å²) in [5.41, 5.74) is 1.39. The van der Waals surface area contributed by atoms with Gasteiger partial charge in [-0.15, -0.1) is 0 Å². The van der Waals surface area contributed by atoms with E-state index in [0.29, 0.717) is 6.04 Å². The van der Waals surface area contributed by atoms with Crippen molar-refractivity contribution in [3.8, 4) is 0 Å². The van der Waals surface area contributed by atoms with Crippen molar-refractivity contribution < 1.29 is 4.74 Å². The molecule has 0 aromatic heterocycles. The molecule has 0 bridgehead atoms. The summed E-state index contributed by atoms with van der Waals surface area (Å²) < 4.78 is 6.29. The lowest BCUT2D eigenvalue weighted by atomic mass is 9.74. The standard InChI is InChI=1S/C17H33NO/c1-6-11-18-16(12-14(3)4)17(19-7-2)10-8-9-15(5)13-17/h12,15-16,18H,6-11,13H2,1-5H3. The molecule has 1 aliphatic rings. The maximum absolute atomic E-state index is 6.29.